The molecule has 202 valence electrons. The molecule has 2 N–H and O–H groups in total. The molecule has 1 saturated heterocycles. The first-order valence-electron chi connectivity index (χ1n) is 12.7. The Hall–Kier alpha value is -3.53. The van der Waals surface area contributed by atoms with Crippen molar-refractivity contribution in [1.82, 2.24) is 10.3 Å². The predicted molar refractivity (Wildman–Crippen MR) is 145 cm³/mol. The third-order valence-corrected chi connectivity index (χ3v) is 7.23. The second-order valence-electron chi connectivity index (χ2n) is 9.64. The van der Waals surface area contributed by atoms with Gasteiger partial charge in [0.25, 0.3) is 0 Å². The first-order valence-corrected chi connectivity index (χ1v) is 14.6. The fourth-order valence-electron chi connectivity index (χ4n) is 4.52. The van der Waals surface area contributed by atoms with Crippen LogP contribution in [0.25, 0.3) is 11.3 Å². The fraction of sp³-hybridized carbons (Fsp3) is 0.357. The number of nitrogens with zero attached hydrogens (tertiary/aromatic N) is 2. The molecule has 4 rings (SSSR count). The van der Waals surface area contributed by atoms with Gasteiger partial charge in [-0.1, -0.05) is 25.0 Å². The number of amides is 1. The van der Waals surface area contributed by atoms with E-state index in [9.17, 15) is 22.0 Å². The first-order chi connectivity index (χ1) is 18.1. The predicted octanol–water partition coefficient (Wildman–Crippen LogP) is 5.20. The van der Waals surface area contributed by atoms with E-state index in [4.69, 9.17) is 4.98 Å². The molecule has 0 saturated carbocycles. The number of anilines is 2. The van der Waals surface area contributed by atoms with Crippen molar-refractivity contribution in [3.8, 4) is 11.3 Å². The number of hydrogen-bond acceptors (Lipinski definition) is 5. The van der Waals surface area contributed by atoms with Gasteiger partial charge in [0.1, 0.15) is 17.5 Å². The zero-order valence-corrected chi connectivity index (χ0v) is 22.3. The number of pyridine rings is 1. The summed E-state index contributed by atoms with van der Waals surface area (Å²) in [6.07, 6.45) is 5.37. The fourth-order valence-corrected chi connectivity index (χ4v) is 5.09. The third kappa shape index (κ3) is 7.06. The van der Waals surface area contributed by atoms with Crippen LogP contribution in [0.4, 0.5) is 20.3 Å². The summed E-state index contributed by atoms with van der Waals surface area (Å²) in [6, 6.07) is 14.0. The Kier molecular flexibility index (Phi) is 8.61. The van der Waals surface area contributed by atoms with Crippen LogP contribution >= 0.6 is 0 Å². The van der Waals surface area contributed by atoms with Crippen LogP contribution in [0.1, 0.15) is 49.7 Å². The van der Waals surface area contributed by atoms with Crippen molar-refractivity contribution in [1.29, 1.82) is 0 Å². The van der Waals surface area contributed by atoms with Crippen LogP contribution in [0.3, 0.4) is 0 Å². The average Bonchev–Trinajstić information content (AvgIpc) is 3.17. The van der Waals surface area contributed by atoms with Crippen LogP contribution in [0.5, 0.6) is 0 Å². The molecule has 1 aromatic heterocycles. The molecule has 1 aliphatic heterocycles. The lowest BCUT2D eigenvalue weighted by Crippen LogP contribution is -2.30. The topological polar surface area (TPSA) is 91.4 Å². The van der Waals surface area contributed by atoms with Crippen LogP contribution in [0.2, 0.25) is 0 Å². The molecule has 2 heterocycles. The van der Waals surface area contributed by atoms with Gasteiger partial charge in [-0.3, -0.25) is 9.52 Å². The van der Waals surface area contributed by atoms with Gasteiger partial charge in [0.2, 0.25) is 15.9 Å². The van der Waals surface area contributed by atoms with Crippen molar-refractivity contribution in [3.05, 3.63) is 77.4 Å². The van der Waals surface area contributed by atoms with Crippen LogP contribution in [0.15, 0.2) is 54.6 Å². The second kappa shape index (κ2) is 11.9. The summed E-state index contributed by atoms with van der Waals surface area (Å²) in [7, 11) is -3.62. The number of rotatable bonds is 8. The Morgan fingerprint density at radius 3 is 2.32 bits per heavy atom. The Morgan fingerprint density at radius 2 is 1.68 bits per heavy atom. The minimum atomic E-state index is -3.62. The number of hydrogen-bond donors (Lipinski definition) is 2. The number of aromatic nitrogens is 1. The normalized spacial score (nSPS) is 15.0. The molecule has 1 amide bonds. The van der Waals surface area contributed by atoms with Crippen molar-refractivity contribution >= 4 is 27.4 Å². The van der Waals surface area contributed by atoms with Gasteiger partial charge in [-0.25, -0.2) is 22.2 Å². The van der Waals surface area contributed by atoms with E-state index < -0.39 is 21.8 Å². The van der Waals surface area contributed by atoms with Crippen LogP contribution < -0.4 is 14.9 Å². The monoisotopic (exact) mass is 542 g/mol. The number of carbonyl (C=O) groups is 1. The van der Waals surface area contributed by atoms with Crippen molar-refractivity contribution in [2.75, 3.05) is 29.0 Å². The molecule has 0 radical (unpaired) electrons. The van der Waals surface area contributed by atoms with E-state index in [0.29, 0.717) is 5.56 Å². The largest absolute Gasteiger partial charge is 0.356 e. The number of benzene rings is 2. The summed E-state index contributed by atoms with van der Waals surface area (Å²) < 4.78 is 52.8. The lowest BCUT2D eigenvalue weighted by molar-refractivity contribution is -0.122. The smallest absolute Gasteiger partial charge is 0.229 e. The van der Waals surface area contributed by atoms with E-state index in [1.54, 1.807) is 19.1 Å². The van der Waals surface area contributed by atoms with Crippen LogP contribution in [-0.2, 0) is 21.4 Å². The van der Waals surface area contributed by atoms with Gasteiger partial charge in [-0.15, -0.1) is 0 Å². The zero-order valence-electron chi connectivity index (χ0n) is 21.5. The van der Waals surface area contributed by atoms with E-state index in [1.807, 2.05) is 12.1 Å². The standard InChI is InChI=1S/C28H32F2N4O3S/c1-19(21-9-14-26(24(30)17-21)33-38(2,36)37)28(35)31-18-22-10-13-25(20-7-11-23(29)12-8-20)32-27(22)34-15-5-3-4-6-16-34/h7-14,17,19,33H,3-6,15-16,18H2,1-2H3,(H,31,35). The number of carbonyl (C=O) groups excluding carboxylic acids is 1. The zero-order chi connectivity index (χ0) is 27.3. The molecule has 10 heteroatoms. The average molecular weight is 543 g/mol. The number of sulfonamides is 1. The van der Waals surface area contributed by atoms with Gasteiger partial charge in [-0.2, -0.15) is 0 Å². The van der Waals surface area contributed by atoms with Crippen LogP contribution in [-0.4, -0.2) is 38.7 Å². The van der Waals surface area contributed by atoms with Gasteiger partial charge in [-0.05, 0) is 67.8 Å². The second-order valence-corrected chi connectivity index (χ2v) is 11.4. The maximum atomic E-state index is 14.5. The molecular weight excluding hydrogens is 510 g/mol. The maximum Gasteiger partial charge on any atom is 0.229 e. The molecule has 1 atom stereocenters. The minimum Gasteiger partial charge on any atom is -0.356 e. The summed E-state index contributed by atoms with van der Waals surface area (Å²) in [4.78, 5) is 20.1. The molecule has 1 aliphatic rings. The minimum absolute atomic E-state index is 0.168. The highest BCUT2D eigenvalue weighted by Gasteiger charge is 2.20. The highest BCUT2D eigenvalue weighted by molar-refractivity contribution is 7.92. The van der Waals surface area contributed by atoms with E-state index in [2.05, 4.69) is 14.9 Å². The molecule has 0 bridgehead atoms. The summed E-state index contributed by atoms with van der Waals surface area (Å²) in [5.41, 5.74) is 2.65. The molecule has 1 unspecified atom stereocenters. The molecule has 0 aliphatic carbocycles. The molecule has 2 aromatic carbocycles. The van der Waals surface area contributed by atoms with E-state index in [1.165, 1.54) is 30.3 Å². The first kappa shape index (κ1) is 27.5. The molecule has 7 nitrogen and oxygen atoms in total. The Bertz CT molecular complexity index is 1390. The Morgan fingerprint density at radius 1 is 1.00 bits per heavy atom. The highest BCUT2D eigenvalue weighted by Crippen LogP contribution is 2.28. The number of nitrogens with one attached hydrogen (secondary N) is 2. The quantitative estimate of drug-likeness (QED) is 0.408. The maximum absolute atomic E-state index is 14.5. The van der Waals surface area contributed by atoms with E-state index in [0.717, 1.165) is 67.7 Å². The molecule has 3 aromatic rings. The molecular formula is C28H32F2N4O3S. The molecule has 38 heavy (non-hydrogen) atoms. The SMILES string of the molecule is CC(C(=O)NCc1ccc(-c2ccc(F)cc2)nc1N1CCCCCC1)c1ccc(NS(C)(=O)=O)c(F)c1. The summed E-state index contributed by atoms with van der Waals surface area (Å²) in [5, 5.41) is 2.94. The third-order valence-electron chi connectivity index (χ3n) is 6.64. The van der Waals surface area contributed by atoms with Crippen molar-refractivity contribution in [3.63, 3.8) is 0 Å². The lowest BCUT2D eigenvalue weighted by Gasteiger charge is -2.25. The van der Waals surface area contributed by atoms with Crippen molar-refractivity contribution in [2.24, 2.45) is 0 Å². The van der Waals surface area contributed by atoms with Crippen molar-refractivity contribution < 1.29 is 22.0 Å². The van der Waals surface area contributed by atoms with Gasteiger partial charge < -0.3 is 10.2 Å². The Labute approximate surface area is 222 Å². The summed E-state index contributed by atoms with van der Waals surface area (Å²) >= 11 is 0. The van der Waals surface area contributed by atoms with Gasteiger partial charge in [0.15, 0.2) is 0 Å². The molecule has 0 spiro atoms. The lowest BCUT2D eigenvalue weighted by atomic mass is 9.99. The van der Waals surface area contributed by atoms with Crippen molar-refractivity contribution in [2.45, 2.75) is 45.1 Å². The van der Waals surface area contributed by atoms with E-state index >= 15 is 0 Å². The number of halogens is 2. The van der Waals surface area contributed by atoms with Crippen LogP contribution in [0, 0.1) is 11.6 Å². The Balaban J connectivity index is 1.52. The van der Waals surface area contributed by atoms with E-state index in [-0.39, 0.29) is 24.0 Å². The molecule has 1 fully saturated rings. The highest BCUT2D eigenvalue weighted by atomic mass is 32.2. The summed E-state index contributed by atoms with van der Waals surface area (Å²) in [6.45, 7) is 3.63. The van der Waals surface area contributed by atoms with Gasteiger partial charge >= 0.3 is 0 Å². The van der Waals surface area contributed by atoms with Gasteiger partial charge in [0.05, 0.1) is 23.6 Å². The van der Waals surface area contributed by atoms with Gasteiger partial charge in [0, 0.05) is 30.8 Å². The summed E-state index contributed by atoms with van der Waals surface area (Å²) in [5.74, 6) is -1.22.